The minimum atomic E-state index is -4.27. The number of benzene rings is 1. The van der Waals surface area contributed by atoms with Crippen LogP contribution in [0.1, 0.15) is 76.7 Å². The summed E-state index contributed by atoms with van der Waals surface area (Å²) in [4.78, 5) is 11.9. The SMILES string of the molecule is CCCCCCCCCCOC(=O)C[N+]1(CC#CI)CCCC1.Cc1ccc(S(=O)(=O)[O-])cc1. The van der Waals surface area contributed by atoms with Gasteiger partial charge in [-0.1, -0.05) is 69.6 Å². The van der Waals surface area contributed by atoms with Crippen molar-refractivity contribution in [2.75, 3.05) is 32.8 Å². The number of aryl methyl sites for hydroxylation is 1. The number of rotatable bonds is 13. The van der Waals surface area contributed by atoms with E-state index in [1.165, 1.54) is 69.9 Å². The molecule has 2 rings (SSSR count). The number of quaternary nitrogens is 1. The minimum absolute atomic E-state index is 0.0369. The van der Waals surface area contributed by atoms with Crippen molar-refractivity contribution >= 4 is 38.7 Å². The zero-order chi connectivity index (χ0) is 25.3. The molecule has 1 aromatic rings. The molecule has 0 radical (unpaired) electrons. The largest absolute Gasteiger partial charge is 0.744 e. The van der Waals surface area contributed by atoms with Gasteiger partial charge in [-0.05, 0) is 35.3 Å². The van der Waals surface area contributed by atoms with Crippen LogP contribution in [0.5, 0.6) is 0 Å². The monoisotopic (exact) mass is 605 g/mol. The number of halogens is 1. The number of carbonyl (C=O) groups is 1. The number of nitrogens with zero attached hydrogens (tertiary/aromatic N) is 1. The van der Waals surface area contributed by atoms with E-state index in [1.54, 1.807) is 12.1 Å². The fraction of sp³-hybridized carbons (Fsp3) is 0.654. The first-order valence-corrected chi connectivity index (χ1v) is 14.8. The molecule has 192 valence electrons. The van der Waals surface area contributed by atoms with Gasteiger partial charge >= 0.3 is 5.97 Å². The number of hydrogen-bond donors (Lipinski definition) is 0. The van der Waals surface area contributed by atoms with Crippen LogP contribution in [-0.4, -0.2) is 56.2 Å². The summed E-state index contributed by atoms with van der Waals surface area (Å²) in [5.41, 5.74) is 0.928. The Morgan fingerprint density at radius 2 is 1.59 bits per heavy atom. The Bertz CT molecular complexity index is 869. The van der Waals surface area contributed by atoms with Gasteiger partial charge in [0.2, 0.25) is 0 Å². The van der Waals surface area contributed by atoms with Gasteiger partial charge in [0.25, 0.3) is 0 Å². The fourth-order valence-electron chi connectivity index (χ4n) is 4.02. The Labute approximate surface area is 220 Å². The Hall–Kier alpha value is -1.15. The topological polar surface area (TPSA) is 83.5 Å². The highest BCUT2D eigenvalue weighted by molar-refractivity contribution is 14.1. The van der Waals surface area contributed by atoms with Gasteiger partial charge in [0.1, 0.15) is 16.7 Å². The molecule has 0 bridgehead atoms. The predicted octanol–water partition coefficient (Wildman–Crippen LogP) is 5.58. The molecule has 0 saturated carbocycles. The zero-order valence-electron chi connectivity index (χ0n) is 20.7. The second kappa shape index (κ2) is 17.3. The van der Waals surface area contributed by atoms with Crippen molar-refractivity contribution in [1.29, 1.82) is 0 Å². The standard InChI is InChI=1S/C19H33INO2.C7H8O3S/c1-2-3-4-5-6-7-8-11-17-23-19(22)18-21(16-12-13-20)14-9-10-15-21;1-6-2-4-7(5-3-6)11(8,9)10/h2-11,14-18H2,1H3;2-5H,1H3,(H,8,9,10)/q+1;/p-1. The first-order valence-electron chi connectivity index (χ1n) is 12.3. The average Bonchev–Trinajstić information content (AvgIpc) is 3.25. The quantitative estimate of drug-likeness (QED) is 0.0733. The maximum atomic E-state index is 12.1. The molecule has 1 aromatic carbocycles. The molecule has 1 fully saturated rings. The Kier molecular flexibility index (Phi) is 15.7. The Morgan fingerprint density at radius 3 is 2.12 bits per heavy atom. The molecule has 34 heavy (non-hydrogen) atoms. The van der Waals surface area contributed by atoms with E-state index in [1.807, 2.05) is 6.92 Å². The molecule has 0 unspecified atom stereocenters. The zero-order valence-corrected chi connectivity index (χ0v) is 23.7. The Balaban J connectivity index is 0.000000437. The third kappa shape index (κ3) is 13.7. The average molecular weight is 606 g/mol. The van der Waals surface area contributed by atoms with Gasteiger partial charge in [0.05, 0.1) is 24.6 Å². The van der Waals surface area contributed by atoms with Crippen molar-refractivity contribution in [2.24, 2.45) is 0 Å². The molecule has 1 saturated heterocycles. The van der Waals surface area contributed by atoms with E-state index in [0.717, 1.165) is 36.1 Å². The highest BCUT2D eigenvalue weighted by Crippen LogP contribution is 2.19. The van der Waals surface area contributed by atoms with Gasteiger partial charge < -0.3 is 13.8 Å². The van der Waals surface area contributed by atoms with Crippen LogP contribution in [0.15, 0.2) is 29.2 Å². The van der Waals surface area contributed by atoms with Crippen LogP contribution in [0.2, 0.25) is 0 Å². The Morgan fingerprint density at radius 1 is 1.03 bits per heavy atom. The number of unbranched alkanes of at least 4 members (excludes halogenated alkanes) is 7. The van der Waals surface area contributed by atoms with E-state index >= 15 is 0 Å². The van der Waals surface area contributed by atoms with Crippen LogP contribution >= 0.6 is 22.6 Å². The molecular weight excluding hydrogens is 565 g/mol. The second-order valence-corrected chi connectivity index (χ2v) is 11.0. The summed E-state index contributed by atoms with van der Waals surface area (Å²) in [5.74, 6) is 3.11. The maximum absolute atomic E-state index is 12.1. The number of hydrogen-bond acceptors (Lipinski definition) is 5. The normalized spacial score (nSPS) is 14.5. The molecule has 1 aliphatic rings. The van der Waals surface area contributed by atoms with E-state index in [-0.39, 0.29) is 10.9 Å². The first kappa shape index (κ1) is 30.9. The molecule has 6 nitrogen and oxygen atoms in total. The van der Waals surface area contributed by atoms with E-state index < -0.39 is 10.1 Å². The van der Waals surface area contributed by atoms with E-state index in [0.29, 0.717) is 13.2 Å². The molecule has 1 heterocycles. The van der Waals surface area contributed by atoms with Gasteiger partial charge in [-0.3, -0.25) is 0 Å². The number of carbonyl (C=O) groups excluding carboxylic acids is 1. The van der Waals surface area contributed by atoms with Crippen LogP contribution in [0.4, 0.5) is 0 Å². The van der Waals surface area contributed by atoms with Gasteiger partial charge in [0, 0.05) is 35.4 Å². The van der Waals surface area contributed by atoms with Crippen molar-refractivity contribution in [3.63, 3.8) is 0 Å². The lowest BCUT2D eigenvalue weighted by molar-refractivity contribution is -0.902. The third-order valence-electron chi connectivity index (χ3n) is 6.03. The van der Waals surface area contributed by atoms with Crippen LogP contribution in [0.25, 0.3) is 0 Å². The number of ether oxygens (including phenoxy) is 1. The molecule has 0 N–H and O–H groups in total. The maximum Gasteiger partial charge on any atom is 0.361 e. The van der Waals surface area contributed by atoms with E-state index in [2.05, 4.69) is 39.4 Å². The predicted molar refractivity (Wildman–Crippen MR) is 143 cm³/mol. The molecule has 0 aromatic heterocycles. The number of esters is 1. The van der Waals surface area contributed by atoms with Crippen molar-refractivity contribution in [3.05, 3.63) is 29.8 Å². The van der Waals surface area contributed by atoms with Gasteiger partial charge in [-0.2, -0.15) is 0 Å². The third-order valence-corrected chi connectivity index (χ3v) is 7.26. The molecule has 8 heteroatoms. The smallest absolute Gasteiger partial charge is 0.361 e. The van der Waals surface area contributed by atoms with Crippen molar-refractivity contribution in [1.82, 2.24) is 0 Å². The summed E-state index contributed by atoms with van der Waals surface area (Å²) in [5, 5.41) is 0. The van der Waals surface area contributed by atoms with Crippen LogP contribution in [-0.2, 0) is 19.6 Å². The number of likely N-dealkylation sites (tertiary alicyclic amines) is 1. The fourth-order valence-corrected chi connectivity index (χ4v) is 4.66. The van der Waals surface area contributed by atoms with Crippen molar-refractivity contribution in [3.8, 4) is 9.85 Å². The lowest BCUT2D eigenvalue weighted by Crippen LogP contribution is -2.49. The summed E-state index contributed by atoms with van der Waals surface area (Å²) in [6.07, 6.45) is 12.6. The van der Waals surface area contributed by atoms with E-state index in [4.69, 9.17) is 4.74 Å². The van der Waals surface area contributed by atoms with Crippen molar-refractivity contribution in [2.45, 2.75) is 83.0 Å². The molecule has 0 spiro atoms. The van der Waals surface area contributed by atoms with Gasteiger partial charge in [-0.25, -0.2) is 13.2 Å². The summed E-state index contributed by atoms with van der Waals surface area (Å²) in [6.45, 7) is 8.08. The molecule has 0 atom stereocenters. The molecule has 1 aliphatic heterocycles. The molecular formula is C26H40INO5S. The highest BCUT2D eigenvalue weighted by atomic mass is 127. The highest BCUT2D eigenvalue weighted by Gasteiger charge is 2.34. The molecule has 0 amide bonds. The van der Waals surface area contributed by atoms with Crippen LogP contribution < -0.4 is 0 Å². The van der Waals surface area contributed by atoms with Gasteiger partial charge in [-0.15, -0.1) is 0 Å². The summed E-state index contributed by atoms with van der Waals surface area (Å²) in [7, 11) is -4.27. The van der Waals surface area contributed by atoms with E-state index in [9.17, 15) is 17.8 Å². The second-order valence-electron chi connectivity index (χ2n) is 9.05. The minimum Gasteiger partial charge on any atom is -0.744 e. The van der Waals surface area contributed by atoms with Crippen LogP contribution in [0.3, 0.4) is 0 Å². The van der Waals surface area contributed by atoms with Gasteiger partial charge in [0.15, 0.2) is 6.54 Å². The lowest BCUT2D eigenvalue weighted by atomic mass is 10.1. The van der Waals surface area contributed by atoms with Crippen molar-refractivity contribution < 1.29 is 27.0 Å². The summed E-state index contributed by atoms with van der Waals surface area (Å²) < 4.78 is 40.4. The molecule has 0 aliphatic carbocycles. The first-order chi connectivity index (χ1) is 16.2. The van der Waals surface area contributed by atoms with Crippen LogP contribution in [0, 0.1) is 16.8 Å². The summed E-state index contributed by atoms with van der Waals surface area (Å²) in [6, 6.07) is 5.78. The summed E-state index contributed by atoms with van der Waals surface area (Å²) >= 11 is 2.07. The lowest BCUT2D eigenvalue weighted by Gasteiger charge is -2.30.